The van der Waals surface area contributed by atoms with Gasteiger partial charge in [-0.2, -0.15) is 4.31 Å². The van der Waals surface area contributed by atoms with E-state index in [1.165, 1.54) is 36.7 Å². The molecule has 0 heterocycles. The van der Waals surface area contributed by atoms with Crippen molar-refractivity contribution in [3.8, 4) is 11.1 Å². The van der Waals surface area contributed by atoms with Crippen LogP contribution in [0.5, 0.6) is 0 Å². The topological polar surface area (TPSA) is 107 Å². The predicted octanol–water partition coefficient (Wildman–Crippen LogP) is 4.94. The Hall–Kier alpha value is -3.63. The number of carbonyl (C=O) groups is 1. The third-order valence-corrected chi connectivity index (χ3v) is 8.58. The Morgan fingerprint density at radius 3 is 2.40 bits per heavy atom. The van der Waals surface area contributed by atoms with Crippen LogP contribution in [-0.4, -0.2) is 60.7 Å². The maximum absolute atomic E-state index is 14.0. The van der Waals surface area contributed by atoms with Crippen molar-refractivity contribution >= 4 is 26.8 Å². The molecule has 0 fully saturated rings. The number of aliphatic hydroxyl groups is 1. The summed E-state index contributed by atoms with van der Waals surface area (Å²) < 4.78 is 41.6. The Morgan fingerprint density at radius 2 is 1.68 bits per heavy atom. The van der Waals surface area contributed by atoms with E-state index >= 15 is 0 Å². The number of fused-ring (bicyclic) bond motifs is 1. The lowest BCUT2D eigenvalue weighted by molar-refractivity contribution is 0.0696. The molecule has 0 aliphatic heterocycles. The van der Waals surface area contributed by atoms with E-state index < -0.39 is 27.9 Å². The van der Waals surface area contributed by atoms with Gasteiger partial charge < -0.3 is 15.5 Å². The summed E-state index contributed by atoms with van der Waals surface area (Å²) in [6.45, 7) is 4.10. The molecular weight excluding hydrogens is 531 g/mol. The molecule has 4 rings (SSSR count). The molecule has 0 saturated carbocycles. The van der Waals surface area contributed by atoms with Gasteiger partial charge in [0.25, 0.3) is 0 Å². The maximum Gasteiger partial charge on any atom is 0.335 e. The summed E-state index contributed by atoms with van der Waals surface area (Å²) >= 11 is 0. The average Bonchev–Trinajstić information content (AvgIpc) is 2.91. The van der Waals surface area contributed by atoms with Gasteiger partial charge in [0.2, 0.25) is 10.0 Å². The van der Waals surface area contributed by atoms with E-state index in [1.807, 2.05) is 26.0 Å². The predicted molar refractivity (Wildman–Crippen MR) is 154 cm³/mol. The maximum atomic E-state index is 14.0. The van der Waals surface area contributed by atoms with Crippen molar-refractivity contribution in [1.82, 2.24) is 9.62 Å². The second-order valence-corrected chi connectivity index (χ2v) is 12.7. The van der Waals surface area contributed by atoms with E-state index in [0.717, 1.165) is 33.8 Å². The van der Waals surface area contributed by atoms with Crippen molar-refractivity contribution in [3.05, 3.63) is 102 Å². The highest BCUT2D eigenvalue weighted by Gasteiger charge is 2.25. The molecule has 9 heteroatoms. The van der Waals surface area contributed by atoms with E-state index in [0.29, 0.717) is 5.56 Å². The van der Waals surface area contributed by atoms with Crippen molar-refractivity contribution in [1.29, 1.82) is 0 Å². The van der Waals surface area contributed by atoms with E-state index in [4.69, 9.17) is 0 Å². The lowest BCUT2D eigenvalue weighted by Gasteiger charge is -2.29. The number of rotatable bonds is 11. The fourth-order valence-corrected chi connectivity index (χ4v) is 5.93. The van der Waals surface area contributed by atoms with Gasteiger partial charge >= 0.3 is 5.97 Å². The number of likely N-dealkylation sites (N-methyl/N-ethyl adjacent to an activating group) is 1. The number of halogens is 1. The first kappa shape index (κ1) is 29.4. The number of aliphatic hydroxyl groups excluding tert-OH is 1. The number of hydrogen-bond donors (Lipinski definition) is 3. The summed E-state index contributed by atoms with van der Waals surface area (Å²) in [5.41, 5.74) is 1.16. The van der Waals surface area contributed by atoms with Crippen molar-refractivity contribution < 1.29 is 27.8 Å². The molecule has 0 spiro atoms. The van der Waals surface area contributed by atoms with Gasteiger partial charge in [-0.15, -0.1) is 0 Å². The van der Waals surface area contributed by atoms with Crippen LogP contribution in [0.15, 0.2) is 89.8 Å². The third kappa shape index (κ3) is 7.11. The summed E-state index contributed by atoms with van der Waals surface area (Å²) in [4.78, 5) is 11.3. The normalized spacial score (nSPS) is 13.1. The lowest BCUT2D eigenvalue weighted by atomic mass is 9.93. The molecule has 4 aromatic carbocycles. The summed E-state index contributed by atoms with van der Waals surface area (Å²) in [5.74, 6) is -2.02. The zero-order chi connectivity index (χ0) is 29.1. The third-order valence-electron chi connectivity index (χ3n) is 6.76. The number of hydrogen-bond acceptors (Lipinski definition) is 5. The van der Waals surface area contributed by atoms with Crippen LogP contribution in [0.3, 0.4) is 0 Å². The van der Waals surface area contributed by atoms with Crippen LogP contribution < -0.4 is 5.32 Å². The molecule has 40 heavy (non-hydrogen) atoms. The van der Waals surface area contributed by atoms with E-state index in [9.17, 15) is 27.8 Å². The molecule has 0 bridgehead atoms. The molecule has 7 nitrogen and oxygen atoms in total. The van der Waals surface area contributed by atoms with Gasteiger partial charge in [-0.3, -0.25) is 0 Å². The number of nitrogens with one attached hydrogen (secondary N) is 1. The molecule has 0 unspecified atom stereocenters. The monoisotopic (exact) mass is 564 g/mol. The molecular formula is C31H33FN2O5S. The van der Waals surface area contributed by atoms with Crippen LogP contribution in [0.25, 0.3) is 21.9 Å². The Labute approximate surface area is 233 Å². The first-order chi connectivity index (χ1) is 18.8. The van der Waals surface area contributed by atoms with Crippen molar-refractivity contribution in [2.24, 2.45) is 0 Å². The molecule has 210 valence electrons. The highest BCUT2D eigenvalue weighted by Crippen LogP contribution is 2.26. The summed E-state index contributed by atoms with van der Waals surface area (Å²) in [6, 6.07) is 23.7. The van der Waals surface area contributed by atoms with Crippen molar-refractivity contribution in [3.63, 3.8) is 0 Å². The molecule has 0 saturated heterocycles. The van der Waals surface area contributed by atoms with Crippen LogP contribution in [0.1, 0.15) is 29.8 Å². The molecule has 1 atom stereocenters. The van der Waals surface area contributed by atoms with E-state index in [1.54, 1.807) is 6.07 Å². The number of sulfonamides is 1. The van der Waals surface area contributed by atoms with E-state index in [2.05, 4.69) is 35.6 Å². The lowest BCUT2D eigenvalue weighted by Crippen LogP contribution is -2.47. The van der Waals surface area contributed by atoms with Gasteiger partial charge in [-0.1, -0.05) is 54.6 Å². The number of carboxylic acids is 1. The molecule has 0 radical (unpaired) electrons. The SMILES string of the molecule is CN(C[C@H](O)CNC(C)(C)Cc1ccc2ccccc2c1)S(=O)(=O)c1cccc(-c2cc(F)cc(C(=O)O)c2)c1. The highest BCUT2D eigenvalue weighted by molar-refractivity contribution is 7.89. The number of aromatic carboxylic acids is 1. The Balaban J connectivity index is 1.40. The smallest absolute Gasteiger partial charge is 0.335 e. The Kier molecular flexibility index (Phi) is 8.70. The van der Waals surface area contributed by atoms with Crippen LogP contribution in [0.4, 0.5) is 4.39 Å². The van der Waals surface area contributed by atoms with Gasteiger partial charge in [0, 0.05) is 25.7 Å². The Bertz CT molecular complexity index is 1640. The fourth-order valence-electron chi connectivity index (χ4n) is 4.67. The number of benzene rings is 4. The average molecular weight is 565 g/mol. The Morgan fingerprint density at radius 1 is 0.950 bits per heavy atom. The van der Waals surface area contributed by atoms with Crippen LogP contribution in [0, 0.1) is 5.82 Å². The fraction of sp³-hybridized carbons (Fsp3) is 0.258. The largest absolute Gasteiger partial charge is 0.478 e. The second kappa shape index (κ2) is 11.9. The van der Waals surface area contributed by atoms with Gasteiger partial charge in [-0.05, 0) is 78.1 Å². The zero-order valence-corrected chi connectivity index (χ0v) is 23.5. The summed E-state index contributed by atoms with van der Waals surface area (Å²) in [5, 5.41) is 25.6. The first-order valence-corrected chi connectivity index (χ1v) is 14.3. The molecule has 0 aliphatic carbocycles. The minimum absolute atomic E-state index is 0.0505. The quantitative estimate of drug-likeness (QED) is 0.238. The molecule has 0 amide bonds. The molecule has 4 aromatic rings. The number of β-amino-alcohol motifs (C(OH)–C–C–N with tert-alkyl or cyclic N) is 1. The molecule has 0 aliphatic rings. The van der Waals surface area contributed by atoms with Crippen LogP contribution in [-0.2, 0) is 16.4 Å². The molecule has 0 aromatic heterocycles. The van der Waals surface area contributed by atoms with Gasteiger partial charge in [0.1, 0.15) is 5.82 Å². The van der Waals surface area contributed by atoms with Crippen LogP contribution in [0.2, 0.25) is 0 Å². The zero-order valence-electron chi connectivity index (χ0n) is 22.6. The number of carboxylic acid groups (broad SMARTS) is 1. The summed E-state index contributed by atoms with van der Waals surface area (Å²) in [6.07, 6.45) is -0.255. The van der Waals surface area contributed by atoms with Crippen molar-refractivity contribution in [2.45, 2.75) is 36.8 Å². The van der Waals surface area contributed by atoms with Gasteiger partial charge in [0.15, 0.2) is 0 Å². The van der Waals surface area contributed by atoms with Gasteiger partial charge in [-0.25, -0.2) is 17.6 Å². The van der Waals surface area contributed by atoms with Gasteiger partial charge in [0.05, 0.1) is 16.6 Å². The minimum Gasteiger partial charge on any atom is -0.478 e. The minimum atomic E-state index is -3.99. The van der Waals surface area contributed by atoms with E-state index in [-0.39, 0.29) is 34.7 Å². The molecule has 3 N–H and O–H groups in total. The highest BCUT2D eigenvalue weighted by atomic mass is 32.2. The second-order valence-electron chi connectivity index (χ2n) is 10.6. The summed E-state index contributed by atoms with van der Waals surface area (Å²) in [7, 11) is -2.60. The number of nitrogens with zero attached hydrogens (tertiary/aromatic N) is 1. The van der Waals surface area contributed by atoms with Crippen molar-refractivity contribution in [2.75, 3.05) is 20.1 Å². The standard InChI is InChI=1S/C31H33FN2O5S/c1-31(2,18-21-11-12-22-7-4-5-8-23(22)13-21)33-19-28(35)20-34(3)40(38,39)29-10-6-9-24(17-29)25-14-26(30(36)37)16-27(32)15-25/h4-17,28,33,35H,18-20H2,1-3H3,(H,36,37)/t28-/m1/s1. The van der Waals surface area contributed by atoms with Crippen LogP contribution >= 0.6 is 0 Å². The first-order valence-electron chi connectivity index (χ1n) is 12.9.